The molecular formula is C23H27Cl2NO3S. The molecule has 30 heavy (non-hydrogen) atoms. The number of anilines is 1. The molecule has 0 saturated heterocycles. The zero-order valence-electron chi connectivity index (χ0n) is 18.3. The van der Waals surface area contributed by atoms with Crippen molar-refractivity contribution in [3.63, 3.8) is 0 Å². The van der Waals surface area contributed by atoms with Crippen LogP contribution >= 0.6 is 34.5 Å². The smallest absolute Gasteiger partial charge is 0.348 e. The summed E-state index contributed by atoms with van der Waals surface area (Å²) in [5, 5.41) is 10.3. The van der Waals surface area contributed by atoms with Crippen LogP contribution < -0.4 is 4.90 Å². The Kier molecular flexibility index (Phi) is 8.98. The third-order valence-corrected chi connectivity index (χ3v) is 5.51. The Morgan fingerprint density at radius 3 is 2.17 bits per heavy atom. The molecule has 0 bridgehead atoms. The van der Waals surface area contributed by atoms with E-state index in [-0.39, 0.29) is 11.0 Å². The van der Waals surface area contributed by atoms with E-state index < -0.39 is 5.97 Å². The fourth-order valence-corrected chi connectivity index (χ4v) is 3.39. The lowest BCUT2D eigenvalue weighted by Gasteiger charge is -2.33. The maximum Gasteiger partial charge on any atom is 0.348 e. The van der Waals surface area contributed by atoms with Crippen molar-refractivity contribution in [2.24, 2.45) is 5.41 Å². The summed E-state index contributed by atoms with van der Waals surface area (Å²) in [4.78, 5) is 24.7. The molecule has 1 aromatic heterocycles. The van der Waals surface area contributed by atoms with Crippen molar-refractivity contribution in [3.8, 4) is 11.8 Å². The molecule has 0 spiro atoms. The number of carbonyl (C=O) groups excluding carboxylic acids is 1. The van der Waals surface area contributed by atoms with Gasteiger partial charge in [-0.15, -0.1) is 11.3 Å². The Morgan fingerprint density at radius 1 is 1.13 bits per heavy atom. The van der Waals surface area contributed by atoms with Gasteiger partial charge in [-0.1, -0.05) is 35.0 Å². The third-order valence-electron chi connectivity index (χ3n) is 3.92. The molecule has 2 rings (SSSR count). The van der Waals surface area contributed by atoms with Gasteiger partial charge in [0.2, 0.25) is 0 Å². The highest BCUT2D eigenvalue weighted by Crippen LogP contribution is 2.33. The van der Waals surface area contributed by atoms with Crippen LogP contribution in [0.1, 0.15) is 66.4 Å². The molecule has 0 amide bonds. The van der Waals surface area contributed by atoms with Crippen LogP contribution in [0.25, 0.3) is 0 Å². The summed E-state index contributed by atoms with van der Waals surface area (Å²) in [5.41, 5.74) is 0.961. The topological polar surface area (TPSA) is 57.6 Å². The molecule has 162 valence electrons. The Balaban J connectivity index is 0.000000375. The molecule has 0 aliphatic heterocycles. The monoisotopic (exact) mass is 467 g/mol. The summed E-state index contributed by atoms with van der Waals surface area (Å²) in [6, 6.07) is 6.61. The van der Waals surface area contributed by atoms with Crippen molar-refractivity contribution in [2.45, 2.75) is 47.1 Å². The van der Waals surface area contributed by atoms with Crippen molar-refractivity contribution in [1.82, 2.24) is 0 Å². The standard InChI is InChI=1S/C16H23NO2S.C7H4Cl2O/c1-15(2,3)9-8-11-10-12(13(20-11)14(18)19)17(7)16(4,5)6;8-6-2-1-5(4-10)7(9)3-6/h10H,1-7H3,(H,18,19);1-4H. The van der Waals surface area contributed by atoms with E-state index in [2.05, 4.69) is 32.6 Å². The SMILES string of the molecule is CN(c1cc(C#CC(C)(C)C)sc1C(=O)O)C(C)(C)C.O=Cc1ccc(Cl)cc1Cl. The van der Waals surface area contributed by atoms with E-state index in [0.29, 0.717) is 26.8 Å². The Morgan fingerprint density at radius 2 is 1.73 bits per heavy atom. The summed E-state index contributed by atoms with van der Waals surface area (Å²) in [7, 11) is 1.91. The van der Waals surface area contributed by atoms with Gasteiger partial charge in [0.1, 0.15) is 4.88 Å². The summed E-state index contributed by atoms with van der Waals surface area (Å²) in [5.74, 6) is 5.33. The van der Waals surface area contributed by atoms with Crippen LogP contribution in [0.15, 0.2) is 24.3 Å². The summed E-state index contributed by atoms with van der Waals surface area (Å²) < 4.78 is 0. The molecule has 1 heterocycles. The number of aldehydes is 1. The molecule has 0 fully saturated rings. The minimum atomic E-state index is -0.898. The second-order valence-electron chi connectivity index (χ2n) is 8.64. The van der Waals surface area contributed by atoms with Gasteiger partial charge >= 0.3 is 5.97 Å². The number of rotatable bonds is 3. The van der Waals surface area contributed by atoms with E-state index in [0.717, 1.165) is 10.6 Å². The van der Waals surface area contributed by atoms with E-state index in [9.17, 15) is 14.7 Å². The number of carboxylic acid groups (broad SMARTS) is 1. The first kappa shape index (κ1) is 26.0. The number of benzene rings is 1. The maximum absolute atomic E-state index is 11.4. The van der Waals surface area contributed by atoms with Crippen LogP contribution in [0.4, 0.5) is 5.69 Å². The third kappa shape index (κ3) is 8.02. The fraction of sp³-hybridized carbons (Fsp3) is 0.391. The van der Waals surface area contributed by atoms with E-state index in [1.165, 1.54) is 17.4 Å². The molecule has 1 aromatic carbocycles. The van der Waals surface area contributed by atoms with Crippen molar-refractivity contribution in [3.05, 3.63) is 49.6 Å². The lowest BCUT2D eigenvalue weighted by atomic mass is 9.98. The Bertz CT molecular complexity index is 973. The molecule has 4 nitrogen and oxygen atoms in total. The highest BCUT2D eigenvalue weighted by Gasteiger charge is 2.25. The average Bonchev–Trinajstić information content (AvgIpc) is 3.03. The second kappa shape index (κ2) is 10.3. The van der Waals surface area contributed by atoms with Gasteiger partial charge in [-0.3, -0.25) is 4.79 Å². The molecule has 0 atom stereocenters. The molecule has 1 N–H and O–H groups in total. The first-order valence-corrected chi connectivity index (χ1v) is 10.8. The van der Waals surface area contributed by atoms with Gasteiger partial charge in [0.05, 0.1) is 15.6 Å². The number of hydrogen-bond donors (Lipinski definition) is 1. The van der Waals surface area contributed by atoms with Crippen molar-refractivity contribution < 1.29 is 14.7 Å². The van der Waals surface area contributed by atoms with Crippen LogP contribution in [0.3, 0.4) is 0 Å². The van der Waals surface area contributed by atoms with Crippen LogP contribution in [0.2, 0.25) is 10.0 Å². The van der Waals surface area contributed by atoms with Crippen LogP contribution in [0.5, 0.6) is 0 Å². The number of thiophene rings is 1. The number of halogens is 2. The van der Waals surface area contributed by atoms with Crippen LogP contribution in [-0.4, -0.2) is 29.9 Å². The van der Waals surface area contributed by atoms with Gasteiger partial charge in [-0.05, 0) is 65.8 Å². The molecule has 0 aliphatic rings. The predicted octanol–water partition coefficient (Wildman–Crippen LogP) is 6.88. The van der Waals surface area contributed by atoms with Gasteiger partial charge in [-0.25, -0.2) is 4.79 Å². The highest BCUT2D eigenvalue weighted by molar-refractivity contribution is 7.15. The van der Waals surface area contributed by atoms with Crippen molar-refractivity contribution in [2.75, 3.05) is 11.9 Å². The maximum atomic E-state index is 11.4. The number of carbonyl (C=O) groups is 2. The quantitative estimate of drug-likeness (QED) is 0.394. The van der Waals surface area contributed by atoms with Gasteiger partial charge in [0.25, 0.3) is 0 Å². The minimum absolute atomic E-state index is 0.0938. The number of aromatic carboxylic acids is 1. The zero-order chi connectivity index (χ0) is 23.3. The van der Waals surface area contributed by atoms with Crippen molar-refractivity contribution >= 4 is 52.5 Å². The first-order chi connectivity index (χ1) is 13.7. The largest absolute Gasteiger partial charge is 0.477 e. The molecule has 0 saturated carbocycles. The van der Waals surface area contributed by atoms with E-state index in [1.807, 2.05) is 38.8 Å². The molecular weight excluding hydrogens is 441 g/mol. The zero-order valence-corrected chi connectivity index (χ0v) is 20.6. The predicted molar refractivity (Wildman–Crippen MR) is 128 cm³/mol. The molecule has 7 heteroatoms. The highest BCUT2D eigenvalue weighted by atomic mass is 35.5. The lowest BCUT2D eigenvalue weighted by Crippen LogP contribution is -2.38. The molecule has 0 radical (unpaired) electrons. The first-order valence-electron chi connectivity index (χ1n) is 9.20. The number of nitrogens with zero attached hydrogens (tertiary/aromatic N) is 1. The average molecular weight is 468 g/mol. The van der Waals surface area contributed by atoms with Gasteiger partial charge in [0, 0.05) is 28.6 Å². The fourth-order valence-electron chi connectivity index (χ4n) is 2.05. The molecule has 2 aromatic rings. The summed E-state index contributed by atoms with van der Waals surface area (Å²) in [6.45, 7) is 12.3. The normalized spacial score (nSPS) is 11.0. The van der Waals surface area contributed by atoms with E-state index in [1.54, 1.807) is 12.1 Å². The second-order valence-corrected chi connectivity index (χ2v) is 10.5. The van der Waals surface area contributed by atoms with Crippen molar-refractivity contribution in [1.29, 1.82) is 0 Å². The summed E-state index contributed by atoms with van der Waals surface area (Å²) in [6.07, 6.45) is 0.693. The lowest BCUT2D eigenvalue weighted by molar-refractivity contribution is 0.0702. The summed E-state index contributed by atoms with van der Waals surface area (Å²) >= 11 is 12.4. The van der Waals surface area contributed by atoms with Gasteiger partial charge in [0.15, 0.2) is 6.29 Å². The number of carboxylic acids is 1. The van der Waals surface area contributed by atoms with Gasteiger partial charge < -0.3 is 10.0 Å². The molecule has 0 unspecified atom stereocenters. The van der Waals surface area contributed by atoms with Gasteiger partial charge in [-0.2, -0.15) is 0 Å². The number of hydrogen-bond acceptors (Lipinski definition) is 4. The Labute approximate surface area is 192 Å². The Hall–Kier alpha value is -2.00. The van der Waals surface area contributed by atoms with E-state index >= 15 is 0 Å². The van der Waals surface area contributed by atoms with Crippen LogP contribution in [-0.2, 0) is 0 Å². The molecule has 0 aliphatic carbocycles. The minimum Gasteiger partial charge on any atom is -0.477 e. The van der Waals surface area contributed by atoms with Crippen LogP contribution in [0, 0.1) is 17.3 Å². The van der Waals surface area contributed by atoms with E-state index in [4.69, 9.17) is 23.2 Å².